The fourth-order valence-corrected chi connectivity index (χ4v) is 4.71. The number of hydrogen-bond donors (Lipinski definition) is 1. The van der Waals surface area contributed by atoms with Gasteiger partial charge in [0, 0.05) is 25.9 Å². The van der Waals surface area contributed by atoms with Crippen LogP contribution in [0.3, 0.4) is 0 Å². The van der Waals surface area contributed by atoms with Gasteiger partial charge in [0.1, 0.15) is 16.5 Å². The van der Waals surface area contributed by atoms with E-state index in [0.29, 0.717) is 50.8 Å². The predicted molar refractivity (Wildman–Crippen MR) is 101 cm³/mol. The SMILES string of the molecule is COc1ccc(S(=O)(=O)c2cnc(N3CCC4(CC3)OCCO4)nc2N)cc1. The van der Waals surface area contributed by atoms with E-state index in [4.69, 9.17) is 19.9 Å². The zero-order valence-corrected chi connectivity index (χ0v) is 16.3. The Kier molecular flexibility index (Phi) is 4.86. The molecule has 2 N–H and O–H groups in total. The van der Waals surface area contributed by atoms with Crippen LogP contribution in [0, 0.1) is 0 Å². The fourth-order valence-electron chi connectivity index (χ4n) is 3.45. The highest BCUT2D eigenvalue weighted by atomic mass is 32.2. The smallest absolute Gasteiger partial charge is 0.227 e. The quantitative estimate of drug-likeness (QED) is 0.800. The third-order valence-electron chi connectivity index (χ3n) is 5.05. The first-order valence-electron chi connectivity index (χ1n) is 8.98. The molecular formula is C18H22N4O5S. The highest BCUT2D eigenvalue weighted by molar-refractivity contribution is 7.91. The van der Waals surface area contributed by atoms with E-state index in [2.05, 4.69) is 9.97 Å². The lowest BCUT2D eigenvalue weighted by molar-refractivity contribution is -0.169. The van der Waals surface area contributed by atoms with Crippen molar-refractivity contribution in [2.75, 3.05) is 44.0 Å². The number of benzene rings is 1. The molecule has 0 atom stereocenters. The van der Waals surface area contributed by atoms with Crippen molar-refractivity contribution in [3.05, 3.63) is 30.5 Å². The summed E-state index contributed by atoms with van der Waals surface area (Å²) in [6.07, 6.45) is 2.66. The number of rotatable bonds is 4. The van der Waals surface area contributed by atoms with Crippen molar-refractivity contribution < 1.29 is 22.6 Å². The van der Waals surface area contributed by atoms with E-state index in [9.17, 15) is 8.42 Å². The number of nitrogens with zero attached hydrogens (tertiary/aromatic N) is 3. The number of sulfone groups is 1. The fraction of sp³-hybridized carbons (Fsp3) is 0.444. The number of nitrogens with two attached hydrogens (primary N) is 1. The molecule has 2 aliphatic rings. The molecule has 1 spiro atoms. The summed E-state index contributed by atoms with van der Waals surface area (Å²) in [5.41, 5.74) is 5.99. The summed E-state index contributed by atoms with van der Waals surface area (Å²) in [5, 5.41) is 0. The van der Waals surface area contributed by atoms with E-state index in [1.807, 2.05) is 4.90 Å². The summed E-state index contributed by atoms with van der Waals surface area (Å²) in [5.74, 6) is 0.393. The van der Waals surface area contributed by atoms with Crippen molar-refractivity contribution in [2.24, 2.45) is 0 Å². The monoisotopic (exact) mass is 406 g/mol. The first-order chi connectivity index (χ1) is 13.4. The normalized spacial score (nSPS) is 19.1. The van der Waals surface area contributed by atoms with E-state index >= 15 is 0 Å². The molecule has 3 heterocycles. The van der Waals surface area contributed by atoms with Gasteiger partial charge in [0.25, 0.3) is 0 Å². The Labute approximate surface area is 163 Å². The second-order valence-electron chi connectivity index (χ2n) is 6.69. The first-order valence-corrected chi connectivity index (χ1v) is 10.5. The van der Waals surface area contributed by atoms with Gasteiger partial charge < -0.3 is 24.8 Å². The Morgan fingerprint density at radius 3 is 2.36 bits per heavy atom. The van der Waals surface area contributed by atoms with Crippen molar-refractivity contribution in [3.8, 4) is 5.75 Å². The Balaban J connectivity index is 1.54. The largest absolute Gasteiger partial charge is 0.497 e. The first kappa shape index (κ1) is 18.9. The zero-order chi connectivity index (χ0) is 19.8. The second-order valence-corrected chi connectivity index (χ2v) is 8.61. The topological polar surface area (TPSA) is 117 Å². The summed E-state index contributed by atoms with van der Waals surface area (Å²) in [4.78, 5) is 10.4. The number of aromatic nitrogens is 2. The molecule has 2 saturated heterocycles. The van der Waals surface area contributed by atoms with Gasteiger partial charge in [-0.15, -0.1) is 0 Å². The average molecular weight is 406 g/mol. The third kappa shape index (κ3) is 3.38. The standard InChI is InChI=1S/C18H22N4O5S/c1-25-13-2-4-14(5-3-13)28(23,24)15-12-20-17(21-16(15)19)22-8-6-18(7-9-22)26-10-11-27-18/h2-5,12H,6-11H2,1H3,(H2,19,20,21). The number of methoxy groups -OCH3 is 1. The van der Waals surface area contributed by atoms with Crippen LogP contribution in [0.1, 0.15) is 12.8 Å². The number of nitrogen functional groups attached to an aromatic ring is 1. The summed E-state index contributed by atoms with van der Waals surface area (Å²) < 4.78 is 42.2. The Morgan fingerprint density at radius 2 is 1.79 bits per heavy atom. The molecule has 1 aromatic heterocycles. The molecule has 0 radical (unpaired) electrons. The molecule has 0 amide bonds. The molecule has 0 saturated carbocycles. The lowest BCUT2D eigenvalue weighted by Crippen LogP contribution is -2.45. The maximum Gasteiger partial charge on any atom is 0.227 e. The van der Waals surface area contributed by atoms with Gasteiger partial charge in [-0.2, -0.15) is 4.98 Å². The van der Waals surface area contributed by atoms with Crippen LogP contribution in [0.25, 0.3) is 0 Å². The van der Waals surface area contributed by atoms with E-state index in [1.54, 1.807) is 12.1 Å². The van der Waals surface area contributed by atoms with Gasteiger partial charge >= 0.3 is 0 Å². The molecule has 4 rings (SSSR count). The third-order valence-corrected chi connectivity index (χ3v) is 6.84. The van der Waals surface area contributed by atoms with Crippen molar-refractivity contribution in [1.29, 1.82) is 0 Å². The molecule has 0 bridgehead atoms. The van der Waals surface area contributed by atoms with E-state index in [0.717, 1.165) is 0 Å². The molecule has 28 heavy (non-hydrogen) atoms. The van der Waals surface area contributed by atoms with Crippen LogP contribution >= 0.6 is 0 Å². The minimum atomic E-state index is -3.82. The zero-order valence-electron chi connectivity index (χ0n) is 15.5. The van der Waals surface area contributed by atoms with Crippen LogP contribution in [0.4, 0.5) is 11.8 Å². The Hall–Kier alpha value is -2.43. The van der Waals surface area contributed by atoms with Crippen LogP contribution in [-0.2, 0) is 19.3 Å². The molecule has 2 fully saturated rings. The van der Waals surface area contributed by atoms with Crippen molar-refractivity contribution in [2.45, 2.75) is 28.4 Å². The summed E-state index contributed by atoms with van der Waals surface area (Å²) in [6, 6.07) is 6.09. The number of ether oxygens (including phenoxy) is 3. The molecule has 0 aliphatic carbocycles. The van der Waals surface area contributed by atoms with E-state index < -0.39 is 15.6 Å². The number of anilines is 2. The predicted octanol–water partition coefficient (Wildman–Crippen LogP) is 1.24. The van der Waals surface area contributed by atoms with Gasteiger partial charge in [-0.3, -0.25) is 0 Å². The Morgan fingerprint density at radius 1 is 1.14 bits per heavy atom. The molecule has 0 unspecified atom stereocenters. The second kappa shape index (κ2) is 7.19. The highest BCUT2D eigenvalue weighted by Crippen LogP contribution is 2.33. The van der Waals surface area contributed by atoms with Crippen molar-refractivity contribution >= 4 is 21.6 Å². The summed E-state index contributed by atoms with van der Waals surface area (Å²) >= 11 is 0. The van der Waals surface area contributed by atoms with Crippen LogP contribution < -0.4 is 15.4 Å². The summed E-state index contributed by atoms with van der Waals surface area (Å²) in [7, 11) is -2.31. The number of piperidine rings is 1. The van der Waals surface area contributed by atoms with Gasteiger partial charge in [-0.05, 0) is 24.3 Å². The maximum absolute atomic E-state index is 12.9. The molecule has 1 aromatic carbocycles. The van der Waals surface area contributed by atoms with Crippen LogP contribution in [-0.4, -0.2) is 57.6 Å². The van der Waals surface area contributed by atoms with Gasteiger partial charge in [0.15, 0.2) is 5.79 Å². The maximum atomic E-state index is 12.9. The van der Waals surface area contributed by atoms with Gasteiger partial charge in [-0.25, -0.2) is 13.4 Å². The number of hydrogen-bond acceptors (Lipinski definition) is 9. The molecule has 9 nitrogen and oxygen atoms in total. The molecule has 2 aliphatic heterocycles. The van der Waals surface area contributed by atoms with Gasteiger partial charge in [-0.1, -0.05) is 0 Å². The van der Waals surface area contributed by atoms with Crippen molar-refractivity contribution in [3.63, 3.8) is 0 Å². The highest BCUT2D eigenvalue weighted by Gasteiger charge is 2.40. The van der Waals surface area contributed by atoms with Crippen LogP contribution in [0.15, 0.2) is 40.3 Å². The molecule has 150 valence electrons. The summed E-state index contributed by atoms with van der Waals surface area (Å²) in [6.45, 7) is 2.51. The van der Waals surface area contributed by atoms with Crippen LogP contribution in [0.5, 0.6) is 5.75 Å². The lowest BCUT2D eigenvalue weighted by atomic mass is 10.0. The van der Waals surface area contributed by atoms with Gasteiger partial charge in [0.2, 0.25) is 15.8 Å². The average Bonchev–Trinajstić information content (AvgIpc) is 3.16. The van der Waals surface area contributed by atoms with E-state index in [-0.39, 0.29) is 15.6 Å². The Bertz CT molecular complexity index is 948. The van der Waals surface area contributed by atoms with Gasteiger partial charge in [0.05, 0.1) is 31.4 Å². The van der Waals surface area contributed by atoms with Crippen molar-refractivity contribution in [1.82, 2.24) is 9.97 Å². The van der Waals surface area contributed by atoms with Crippen LogP contribution in [0.2, 0.25) is 0 Å². The van der Waals surface area contributed by atoms with E-state index in [1.165, 1.54) is 25.4 Å². The lowest BCUT2D eigenvalue weighted by Gasteiger charge is -2.37. The molecular weight excluding hydrogens is 384 g/mol. The minimum Gasteiger partial charge on any atom is -0.497 e. The molecule has 2 aromatic rings. The minimum absolute atomic E-state index is 0.0746. The molecule has 10 heteroatoms.